The number of halogens is 1. The van der Waals surface area contributed by atoms with E-state index in [1.807, 2.05) is 7.05 Å². The molecule has 1 aromatic heterocycles. The van der Waals surface area contributed by atoms with Crippen molar-refractivity contribution in [3.05, 3.63) is 42.0 Å². The molecular formula is C20H30IN7. The minimum Gasteiger partial charge on any atom is -0.368 e. The number of benzene rings is 1. The lowest BCUT2D eigenvalue weighted by molar-refractivity contribution is 0.371. The van der Waals surface area contributed by atoms with Crippen molar-refractivity contribution in [2.45, 2.75) is 38.8 Å². The first kappa shape index (κ1) is 20.9. The van der Waals surface area contributed by atoms with Gasteiger partial charge in [0.25, 0.3) is 0 Å². The predicted molar refractivity (Wildman–Crippen MR) is 123 cm³/mol. The molecule has 0 spiro atoms. The minimum absolute atomic E-state index is 0. The second kappa shape index (κ2) is 10.1. The fourth-order valence-electron chi connectivity index (χ4n) is 3.98. The van der Waals surface area contributed by atoms with Crippen molar-refractivity contribution in [3.63, 3.8) is 0 Å². The summed E-state index contributed by atoms with van der Waals surface area (Å²) in [4.78, 5) is 9.26. The summed E-state index contributed by atoms with van der Waals surface area (Å²) >= 11 is 0. The molecular weight excluding hydrogens is 465 g/mol. The summed E-state index contributed by atoms with van der Waals surface area (Å²) < 4.78 is 2.29. The lowest BCUT2D eigenvalue weighted by atomic mass is 10.2. The van der Waals surface area contributed by atoms with Crippen LogP contribution in [0.3, 0.4) is 0 Å². The van der Waals surface area contributed by atoms with Gasteiger partial charge in [0.15, 0.2) is 11.8 Å². The lowest BCUT2D eigenvalue weighted by Gasteiger charge is -2.37. The van der Waals surface area contributed by atoms with Crippen molar-refractivity contribution < 1.29 is 0 Å². The Kier molecular flexibility index (Phi) is 7.52. The molecule has 1 fully saturated rings. The summed E-state index contributed by atoms with van der Waals surface area (Å²) in [6.07, 6.45) is 4.76. The maximum atomic E-state index is 4.50. The quantitative estimate of drug-likeness (QED) is 0.403. The summed E-state index contributed by atoms with van der Waals surface area (Å²) in [6.45, 7) is 5.65. The normalized spacial score (nSPS) is 17.5. The van der Waals surface area contributed by atoms with Crippen molar-refractivity contribution in [2.75, 3.05) is 38.1 Å². The number of nitrogens with one attached hydrogen (secondary N) is 1. The summed E-state index contributed by atoms with van der Waals surface area (Å²) in [5.74, 6) is 3.11. The van der Waals surface area contributed by atoms with Crippen molar-refractivity contribution >= 4 is 35.6 Å². The fourth-order valence-corrected chi connectivity index (χ4v) is 3.98. The van der Waals surface area contributed by atoms with Gasteiger partial charge in [-0.2, -0.15) is 0 Å². The van der Waals surface area contributed by atoms with Crippen molar-refractivity contribution in [1.82, 2.24) is 25.0 Å². The van der Waals surface area contributed by atoms with Crippen LogP contribution in [-0.2, 0) is 19.5 Å². The Bertz CT molecular complexity index is 766. The van der Waals surface area contributed by atoms with Crippen LogP contribution in [0.1, 0.15) is 30.9 Å². The Balaban J connectivity index is 0.00000225. The van der Waals surface area contributed by atoms with Gasteiger partial charge >= 0.3 is 0 Å². The van der Waals surface area contributed by atoms with Crippen LogP contribution in [0.15, 0.2) is 35.3 Å². The van der Waals surface area contributed by atoms with Crippen LogP contribution in [0.5, 0.6) is 0 Å². The van der Waals surface area contributed by atoms with E-state index < -0.39 is 0 Å². The fraction of sp³-hybridized carbons (Fsp3) is 0.550. The van der Waals surface area contributed by atoms with E-state index in [0.29, 0.717) is 6.54 Å². The highest BCUT2D eigenvalue weighted by Gasteiger charge is 2.21. The molecule has 0 atom stereocenters. The van der Waals surface area contributed by atoms with Crippen LogP contribution in [0.2, 0.25) is 0 Å². The highest BCUT2D eigenvalue weighted by molar-refractivity contribution is 14.0. The Hall–Kier alpha value is -1.84. The molecule has 28 heavy (non-hydrogen) atoms. The largest absolute Gasteiger partial charge is 0.368 e. The Morgan fingerprint density at radius 1 is 1.00 bits per heavy atom. The number of aliphatic imine (C=N–C) groups is 1. The number of guanidine groups is 1. The van der Waals surface area contributed by atoms with E-state index in [2.05, 4.69) is 65.2 Å². The zero-order chi connectivity index (χ0) is 18.5. The van der Waals surface area contributed by atoms with Crippen molar-refractivity contribution in [1.29, 1.82) is 0 Å². The van der Waals surface area contributed by atoms with Crippen LogP contribution < -0.4 is 10.2 Å². The molecule has 0 saturated carbocycles. The number of piperazine rings is 1. The number of hydrogen-bond acceptors (Lipinski definition) is 4. The first-order valence-corrected chi connectivity index (χ1v) is 10.0. The molecule has 0 aliphatic carbocycles. The summed E-state index contributed by atoms with van der Waals surface area (Å²) in [7, 11) is 1.86. The monoisotopic (exact) mass is 495 g/mol. The summed E-state index contributed by atoms with van der Waals surface area (Å²) in [6, 6.07) is 10.6. The van der Waals surface area contributed by atoms with Gasteiger partial charge in [0.1, 0.15) is 5.82 Å². The SMILES string of the molecule is CN=C(NCc1nnc2n1CCCCC2)N1CCN(c2ccccc2)CC1.I. The number of nitrogens with zero attached hydrogens (tertiary/aromatic N) is 6. The number of aromatic nitrogens is 3. The van der Waals surface area contributed by atoms with Crippen LogP contribution in [-0.4, -0.2) is 58.9 Å². The van der Waals surface area contributed by atoms with Gasteiger partial charge in [0.05, 0.1) is 6.54 Å². The first-order valence-electron chi connectivity index (χ1n) is 10.0. The van der Waals surface area contributed by atoms with Gasteiger partial charge in [-0.15, -0.1) is 34.2 Å². The molecule has 0 unspecified atom stereocenters. The zero-order valence-electron chi connectivity index (χ0n) is 16.5. The molecule has 3 heterocycles. The van der Waals surface area contributed by atoms with Gasteiger partial charge in [-0.1, -0.05) is 24.6 Å². The Morgan fingerprint density at radius 2 is 1.79 bits per heavy atom. The number of para-hydroxylation sites is 1. The molecule has 7 nitrogen and oxygen atoms in total. The first-order chi connectivity index (χ1) is 13.3. The zero-order valence-corrected chi connectivity index (χ0v) is 18.9. The van der Waals surface area contributed by atoms with Crippen molar-refractivity contribution in [3.8, 4) is 0 Å². The van der Waals surface area contributed by atoms with Crippen LogP contribution >= 0.6 is 24.0 Å². The minimum atomic E-state index is 0. The van der Waals surface area contributed by atoms with Gasteiger partial charge in [-0.05, 0) is 25.0 Å². The molecule has 2 aromatic rings. The molecule has 2 aliphatic heterocycles. The average molecular weight is 495 g/mol. The molecule has 4 rings (SSSR count). The smallest absolute Gasteiger partial charge is 0.194 e. The number of anilines is 1. The van der Waals surface area contributed by atoms with Crippen LogP contribution in [0.4, 0.5) is 5.69 Å². The third-order valence-corrected chi connectivity index (χ3v) is 5.50. The molecule has 1 saturated heterocycles. The molecule has 0 amide bonds. The molecule has 2 aliphatic rings. The third kappa shape index (κ3) is 4.76. The van der Waals surface area contributed by atoms with Crippen LogP contribution in [0, 0.1) is 0 Å². The molecule has 8 heteroatoms. The maximum absolute atomic E-state index is 4.50. The lowest BCUT2D eigenvalue weighted by Crippen LogP contribution is -2.52. The maximum Gasteiger partial charge on any atom is 0.194 e. The van der Waals surface area contributed by atoms with E-state index in [4.69, 9.17) is 0 Å². The van der Waals surface area contributed by atoms with Gasteiger partial charge in [0, 0.05) is 51.9 Å². The van der Waals surface area contributed by atoms with Gasteiger partial charge < -0.3 is 19.7 Å². The molecule has 0 bridgehead atoms. The highest BCUT2D eigenvalue weighted by Crippen LogP contribution is 2.16. The topological polar surface area (TPSA) is 61.6 Å². The number of rotatable bonds is 3. The molecule has 152 valence electrons. The van der Waals surface area contributed by atoms with E-state index in [9.17, 15) is 0 Å². The summed E-state index contributed by atoms with van der Waals surface area (Å²) in [5, 5.41) is 12.3. The van der Waals surface area contributed by atoms with Crippen LogP contribution in [0.25, 0.3) is 0 Å². The molecule has 1 N–H and O–H groups in total. The van der Waals surface area contributed by atoms with Crippen molar-refractivity contribution in [2.24, 2.45) is 4.99 Å². The van der Waals surface area contributed by atoms with E-state index in [0.717, 1.165) is 56.8 Å². The Labute approximate surface area is 184 Å². The highest BCUT2D eigenvalue weighted by atomic mass is 127. The standard InChI is InChI=1S/C20H29N7.HI/c1-21-20(22-16-19-24-23-18-10-6-3-7-11-27(18)19)26-14-12-25(13-15-26)17-8-4-2-5-9-17;/h2,4-5,8-9H,3,6-7,10-16H2,1H3,(H,21,22);1H. The van der Waals surface area contributed by atoms with E-state index in [-0.39, 0.29) is 24.0 Å². The predicted octanol–water partition coefficient (Wildman–Crippen LogP) is 2.52. The second-order valence-corrected chi connectivity index (χ2v) is 7.21. The number of aryl methyl sites for hydroxylation is 1. The van der Waals surface area contributed by atoms with Gasteiger partial charge in [0.2, 0.25) is 0 Å². The van der Waals surface area contributed by atoms with E-state index in [1.165, 1.54) is 24.9 Å². The Morgan fingerprint density at radius 3 is 2.54 bits per heavy atom. The summed E-state index contributed by atoms with van der Waals surface area (Å²) in [5.41, 5.74) is 1.30. The van der Waals surface area contributed by atoms with Gasteiger partial charge in [-0.3, -0.25) is 4.99 Å². The number of hydrogen-bond donors (Lipinski definition) is 1. The molecule has 0 radical (unpaired) electrons. The number of fused-ring (bicyclic) bond motifs is 1. The molecule has 1 aromatic carbocycles. The second-order valence-electron chi connectivity index (χ2n) is 7.21. The third-order valence-electron chi connectivity index (χ3n) is 5.50. The van der Waals surface area contributed by atoms with E-state index >= 15 is 0 Å². The average Bonchev–Trinajstić information content (AvgIpc) is 2.96. The van der Waals surface area contributed by atoms with Gasteiger partial charge in [-0.25, -0.2) is 0 Å². The van der Waals surface area contributed by atoms with E-state index in [1.54, 1.807) is 0 Å².